The van der Waals surface area contributed by atoms with Crippen LogP contribution in [0.4, 0.5) is 11.5 Å². The summed E-state index contributed by atoms with van der Waals surface area (Å²) in [6, 6.07) is 18.5. The summed E-state index contributed by atoms with van der Waals surface area (Å²) < 4.78 is 1.75. The van der Waals surface area contributed by atoms with Gasteiger partial charge in [-0.15, -0.1) is 0 Å². The van der Waals surface area contributed by atoms with Crippen molar-refractivity contribution in [3.8, 4) is 5.69 Å². The third-order valence-corrected chi connectivity index (χ3v) is 5.42. The lowest BCUT2D eigenvalue weighted by molar-refractivity contribution is 0.102. The third kappa shape index (κ3) is 4.57. The molecule has 2 N–H and O–H groups in total. The van der Waals surface area contributed by atoms with E-state index in [0.29, 0.717) is 40.1 Å². The van der Waals surface area contributed by atoms with Crippen LogP contribution in [0.25, 0.3) is 16.7 Å². The summed E-state index contributed by atoms with van der Waals surface area (Å²) in [7, 11) is 0. The minimum absolute atomic E-state index is 0.186. The molecule has 0 radical (unpaired) electrons. The van der Waals surface area contributed by atoms with Crippen LogP contribution in [0.3, 0.4) is 0 Å². The Balaban J connectivity index is 1.36. The van der Waals surface area contributed by atoms with Gasteiger partial charge < -0.3 is 10.6 Å². The van der Waals surface area contributed by atoms with Gasteiger partial charge in [-0.1, -0.05) is 29.8 Å². The van der Waals surface area contributed by atoms with Gasteiger partial charge in [0.15, 0.2) is 5.65 Å². The number of benzene rings is 2. The maximum atomic E-state index is 12.4. The van der Waals surface area contributed by atoms with Gasteiger partial charge in [0.25, 0.3) is 5.91 Å². The van der Waals surface area contributed by atoms with E-state index in [2.05, 4.69) is 30.7 Å². The molecule has 0 aliphatic heterocycles. The van der Waals surface area contributed by atoms with Crippen molar-refractivity contribution in [3.63, 3.8) is 0 Å². The minimum Gasteiger partial charge on any atom is -0.365 e. The molecule has 0 saturated heterocycles. The quantitative estimate of drug-likeness (QED) is 0.361. The van der Waals surface area contributed by atoms with Crippen LogP contribution in [0, 0.1) is 6.92 Å². The summed E-state index contributed by atoms with van der Waals surface area (Å²) in [6.07, 6.45) is 4.92. The molecule has 0 saturated carbocycles. The molecule has 9 heteroatoms. The van der Waals surface area contributed by atoms with E-state index in [1.807, 2.05) is 55.5 Å². The molecule has 5 rings (SSSR count). The number of carbonyl (C=O) groups is 1. The molecule has 2 aromatic carbocycles. The van der Waals surface area contributed by atoms with Crippen LogP contribution in [-0.4, -0.2) is 30.6 Å². The number of amides is 1. The number of rotatable bonds is 6. The van der Waals surface area contributed by atoms with Crippen LogP contribution in [0.2, 0.25) is 5.02 Å². The second-order valence-corrected chi connectivity index (χ2v) is 8.07. The number of halogens is 1. The number of aromatic nitrogens is 5. The Morgan fingerprint density at radius 3 is 2.68 bits per heavy atom. The largest absolute Gasteiger partial charge is 0.365 e. The maximum absolute atomic E-state index is 12.4. The van der Waals surface area contributed by atoms with Gasteiger partial charge >= 0.3 is 0 Å². The molecule has 3 aromatic heterocycles. The first-order valence-electron chi connectivity index (χ1n) is 10.6. The Kier molecular flexibility index (Phi) is 5.88. The van der Waals surface area contributed by atoms with Crippen LogP contribution in [0.15, 0.2) is 79.3 Å². The molecule has 8 nitrogen and oxygen atoms in total. The number of hydrogen-bond donors (Lipinski definition) is 2. The smallest absolute Gasteiger partial charge is 0.255 e. The molecule has 5 aromatic rings. The molecule has 3 heterocycles. The summed E-state index contributed by atoms with van der Waals surface area (Å²) in [6.45, 7) is 2.35. The van der Waals surface area contributed by atoms with Crippen molar-refractivity contribution in [2.75, 3.05) is 10.6 Å². The zero-order valence-corrected chi connectivity index (χ0v) is 19.0. The third-order valence-electron chi connectivity index (χ3n) is 5.18. The van der Waals surface area contributed by atoms with Crippen molar-refractivity contribution in [2.45, 2.75) is 13.5 Å². The van der Waals surface area contributed by atoms with Crippen molar-refractivity contribution in [2.24, 2.45) is 0 Å². The summed E-state index contributed by atoms with van der Waals surface area (Å²) in [5.74, 6) is 1.12. The fraction of sp³-hybridized carbons (Fsp3) is 0.0800. The average Bonchev–Trinajstić information content (AvgIpc) is 3.27. The van der Waals surface area contributed by atoms with Gasteiger partial charge in [-0.3, -0.25) is 9.78 Å². The molecule has 0 aliphatic rings. The molecule has 0 spiro atoms. The summed E-state index contributed by atoms with van der Waals surface area (Å²) in [5.41, 5.74) is 3.76. The number of pyridine rings is 1. The predicted molar refractivity (Wildman–Crippen MR) is 132 cm³/mol. The molecule has 0 aliphatic carbocycles. The molecule has 168 valence electrons. The van der Waals surface area contributed by atoms with Gasteiger partial charge in [0, 0.05) is 35.2 Å². The van der Waals surface area contributed by atoms with E-state index in [9.17, 15) is 4.79 Å². The van der Waals surface area contributed by atoms with Crippen LogP contribution in [-0.2, 0) is 6.54 Å². The summed E-state index contributed by atoms with van der Waals surface area (Å²) in [4.78, 5) is 25.5. The maximum Gasteiger partial charge on any atom is 0.255 e. The van der Waals surface area contributed by atoms with Crippen molar-refractivity contribution in [1.29, 1.82) is 0 Å². The monoisotopic (exact) mass is 469 g/mol. The van der Waals surface area contributed by atoms with Crippen molar-refractivity contribution in [3.05, 3.63) is 101 Å². The first-order valence-corrected chi connectivity index (χ1v) is 11.0. The molecule has 0 bridgehead atoms. The molecule has 0 atom stereocenters. The predicted octanol–water partition coefficient (Wildman–Crippen LogP) is 5.04. The molecular weight excluding hydrogens is 450 g/mol. The number of fused-ring (bicyclic) bond motifs is 1. The lowest BCUT2D eigenvalue weighted by Gasteiger charge is -2.10. The van der Waals surface area contributed by atoms with Crippen LogP contribution >= 0.6 is 11.6 Å². The number of nitrogens with zero attached hydrogens (tertiary/aromatic N) is 5. The second kappa shape index (κ2) is 9.29. The number of aryl methyl sites for hydroxylation is 1. The number of anilines is 2. The van der Waals surface area contributed by atoms with E-state index < -0.39 is 0 Å². The normalized spacial score (nSPS) is 10.9. The standard InChI is InChI=1S/C25H20ClN7O/c1-16-30-23(22-15-29-33(24(22)31-16)21-7-3-5-19(26)13-21)28-14-17-4-2-6-20(12-17)32-25(34)18-8-10-27-11-9-18/h2-13,15H,14H2,1H3,(H,32,34)(H,28,30,31). The van der Waals surface area contributed by atoms with Crippen molar-refractivity contribution in [1.82, 2.24) is 24.7 Å². The Labute approximate surface area is 200 Å². The number of hydrogen-bond acceptors (Lipinski definition) is 6. The van der Waals surface area contributed by atoms with Crippen molar-refractivity contribution >= 4 is 40.0 Å². The summed E-state index contributed by atoms with van der Waals surface area (Å²) >= 11 is 6.16. The van der Waals surface area contributed by atoms with Gasteiger partial charge in [0.2, 0.25) is 0 Å². The SMILES string of the molecule is Cc1nc(NCc2cccc(NC(=O)c3ccncc3)c2)c2cnn(-c3cccc(Cl)c3)c2n1. The van der Waals surface area contributed by atoms with Crippen LogP contribution in [0.1, 0.15) is 21.7 Å². The van der Waals surface area contributed by atoms with E-state index in [0.717, 1.165) is 16.6 Å². The molecule has 1 amide bonds. The van der Waals surface area contributed by atoms with E-state index in [1.54, 1.807) is 35.4 Å². The number of carbonyl (C=O) groups excluding carboxylic acids is 1. The van der Waals surface area contributed by atoms with Gasteiger partial charge in [-0.2, -0.15) is 5.10 Å². The highest BCUT2D eigenvalue weighted by Gasteiger charge is 2.13. The van der Waals surface area contributed by atoms with E-state index in [1.165, 1.54) is 0 Å². The van der Waals surface area contributed by atoms with E-state index >= 15 is 0 Å². The molecule has 0 fully saturated rings. The van der Waals surface area contributed by atoms with E-state index in [-0.39, 0.29) is 5.91 Å². The first-order chi connectivity index (χ1) is 16.6. The highest BCUT2D eigenvalue weighted by molar-refractivity contribution is 6.30. The van der Waals surface area contributed by atoms with Gasteiger partial charge in [0.1, 0.15) is 11.6 Å². The van der Waals surface area contributed by atoms with Crippen molar-refractivity contribution < 1.29 is 4.79 Å². The molecular formula is C25H20ClN7O. The average molecular weight is 470 g/mol. The number of nitrogens with one attached hydrogen (secondary N) is 2. The lowest BCUT2D eigenvalue weighted by atomic mass is 10.2. The molecule has 34 heavy (non-hydrogen) atoms. The minimum atomic E-state index is -0.186. The zero-order valence-electron chi connectivity index (χ0n) is 18.2. The van der Waals surface area contributed by atoms with Crippen LogP contribution in [0.5, 0.6) is 0 Å². The molecule has 0 unspecified atom stereocenters. The van der Waals surface area contributed by atoms with Gasteiger partial charge in [0.05, 0.1) is 17.3 Å². The summed E-state index contributed by atoms with van der Waals surface area (Å²) in [5, 5.41) is 12.2. The fourth-order valence-corrected chi connectivity index (χ4v) is 3.78. The fourth-order valence-electron chi connectivity index (χ4n) is 3.60. The Morgan fingerprint density at radius 2 is 1.85 bits per heavy atom. The van der Waals surface area contributed by atoms with Gasteiger partial charge in [-0.05, 0) is 55.0 Å². The highest BCUT2D eigenvalue weighted by atomic mass is 35.5. The zero-order chi connectivity index (χ0) is 23.5. The Hall–Kier alpha value is -4.30. The van der Waals surface area contributed by atoms with Crippen LogP contribution < -0.4 is 10.6 Å². The second-order valence-electron chi connectivity index (χ2n) is 7.64. The van der Waals surface area contributed by atoms with Gasteiger partial charge in [-0.25, -0.2) is 14.6 Å². The Morgan fingerprint density at radius 1 is 1.03 bits per heavy atom. The Bertz CT molecular complexity index is 1480. The van der Waals surface area contributed by atoms with E-state index in [4.69, 9.17) is 11.6 Å². The topological polar surface area (TPSA) is 97.6 Å². The lowest BCUT2D eigenvalue weighted by Crippen LogP contribution is -2.12. The highest BCUT2D eigenvalue weighted by Crippen LogP contribution is 2.24. The first kappa shape index (κ1) is 21.5.